The van der Waals surface area contributed by atoms with E-state index in [2.05, 4.69) is 16.3 Å². The summed E-state index contributed by atoms with van der Waals surface area (Å²) in [5.74, 6) is 0.372. The second-order valence-corrected chi connectivity index (χ2v) is 5.07. The van der Waals surface area contributed by atoms with Crippen LogP contribution in [0.5, 0.6) is 0 Å². The zero-order valence-electron chi connectivity index (χ0n) is 9.96. The highest BCUT2D eigenvalue weighted by Gasteiger charge is 2.13. The SMILES string of the molecule is C[C@@H](C#N)Sc1nnc(-c2ccc(F)cc2)n1C. The molecule has 92 valence electrons. The minimum absolute atomic E-state index is 0.186. The molecule has 0 bridgehead atoms. The Hall–Kier alpha value is -1.87. The summed E-state index contributed by atoms with van der Waals surface area (Å²) in [4.78, 5) is 0. The summed E-state index contributed by atoms with van der Waals surface area (Å²) in [7, 11) is 1.82. The van der Waals surface area contributed by atoms with E-state index in [0.717, 1.165) is 5.56 Å². The van der Waals surface area contributed by atoms with Crippen LogP contribution in [0.1, 0.15) is 6.92 Å². The van der Waals surface area contributed by atoms with Gasteiger partial charge in [0.25, 0.3) is 0 Å². The highest BCUT2D eigenvalue weighted by Crippen LogP contribution is 2.25. The first-order chi connectivity index (χ1) is 8.61. The third kappa shape index (κ3) is 2.51. The average Bonchev–Trinajstić information content (AvgIpc) is 2.72. The molecule has 1 aromatic carbocycles. The molecule has 0 saturated heterocycles. The topological polar surface area (TPSA) is 54.5 Å². The van der Waals surface area contributed by atoms with Crippen LogP contribution in [0.2, 0.25) is 0 Å². The van der Waals surface area contributed by atoms with Gasteiger partial charge in [-0.05, 0) is 31.2 Å². The van der Waals surface area contributed by atoms with Gasteiger partial charge in [0, 0.05) is 12.6 Å². The highest BCUT2D eigenvalue weighted by molar-refractivity contribution is 8.00. The predicted octanol–water partition coefficient (Wildman–Crippen LogP) is 2.63. The lowest BCUT2D eigenvalue weighted by Gasteiger charge is -2.04. The molecule has 0 saturated carbocycles. The van der Waals surface area contributed by atoms with Gasteiger partial charge >= 0.3 is 0 Å². The number of halogens is 1. The van der Waals surface area contributed by atoms with Gasteiger partial charge in [-0.1, -0.05) is 11.8 Å². The lowest BCUT2D eigenvalue weighted by atomic mass is 10.2. The van der Waals surface area contributed by atoms with Crippen molar-refractivity contribution in [1.29, 1.82) is 5.26 Å². The largest absolute Gasteiger partial charge is 0.305 e. The van der Waals surface area contributed by atoms with Crippen LogP contribution in [-0.2, 0) is 7.05 Å². The van der Waals surface area contributed by atoms with Gasteiger partial charge < -0.3 is 4.57 Å². The van der Waals surface area contributed by atoms with E-state index in [9.17, 15) is 4.39 Å². The van der Waals surface area contributed by atoms with Crippen molar-refractivity contribution in [3.63, 3.8) is 0 Å². The Morgan fingerprint density at radius 3 is 2.61 bits per heavy atom. The van der Waals surface area contributed by atoms with E-state index in [1.165, 1.54) is 23.9 Å². The fourth-order valence-corrected chi connectivity index (χ4v) is 2.15. The van der Waals surface area contributed by atoms with Gasteiger partial charge in [0.1, 0.15) is 5.82 Å². The van der Waals surface area contributed by atoms with Crippen LogP contribution in [0, 0.1) is 17.1 Å². The summed E-state index contributed by atoms with van der Waals surface area (Å²) >= 11 is 1.34. The van der Waals surface area contributed by atoms with Crippen LogP contribution < -0.4 is 0 Å². The Morgan fingerprint density at radius 2 is 2.00 bits per heavy atom. The van der Waals surface area contributed by atoms with Gasteiger partial charge in [-0.2, -0.15) is 5.26 Å². The smallest absolute Gasteiger partial charge is 0.192 e. The number of thioether (sulfide) groups is 1. The molecule has 18 heavy (non-hydrogen) atoms. The summed E-state index contributed by atoms with van der Waals surface area (Å²) in [5, 5.41) is 17.4. The van der Waals surface area contributed by atoms with Crippen molar-refractivity contribution < 1.29 is 4.39 Å². The van der Waals surface area contributed by atoms with E-state index < -0.39 is 0 Å². The van der Waals surface area contributed by atoms with Crippen LogP contribution in [-0.4, -0.2) is 20.0 Å². The minimum atomic E-state index is -0.284. The second kappa shape index (κ2) is 5.19. The van der Waals surface area contributed by atoms with E-state index in [1.807, 2.05) is 7.05 Å². The van der Waals surface area contributed by atoms with Crippen molar-refractivity contribution in [3.8, 4) is 17.5 Å². The fourth-order valence-electron chi connectivity index (χ4n) is 1.45. The molecule has 0 spiro atoms. The molecule has 0 aliphatic carbocycles. The lowest BCUT2D eigenvalue weighted by Crippen LogP contribution is -1.98. The van der Waals surface area contributed by atoms with Crippen molar-refractivity contribution in [2.45, 2.75) is 17.3 Å². The summed E-state index contributed by atoms with van der Waals surface area (Å²) in [6.45, 7) is 1.80. The van der Waals surface area contributed by atoms with Crippen molar-refractivity contribution in [1.82, 2.24) is 14.8 Å². The fraction of sp³-hybridized carbons (Fsp3) is 0.250. The van der Waals surface area contributed by atoms with Crippen molar-refractivity contribution >= 4 is 11.8 Å². The van der Waals surface area contributed by atoms with Gasteiger partial charge in [-0.25, -0.2) is 4.39 Å². The minimum Gasteiger partial charge on any atom is -0.305 e. The Balaban J connectivity index is 2.31. The highest BCUT2D eigenvalue weighted by atomic mass is 32.2. The standard InChI is InChI=1S/C12H11FN4S/c1-8(7-14)18-12-16-15-11(17(12)2)9-3-5-10(13)6-4-9/h3-6,8H,1-2H3/t8-/m0/s1. The molecular weight excluding hydrogens is 251 g/mol. The average molecular weight is 262 g/mol. The molecule has 0 aliphatic rings. The van der Waals surface area contributed by atoms with Gasteiger partial charge in [-0.3, -0.25) is 0 Å². The molecular formula is C12H11FN4S. The molecule has 2 aromatic rings. The number of rotatable bonds is 3. The van der Waals surface area contributed by atoms with E-state index >= 15 is 0 Å². The summed E-state index contributed by atoms with van der Waals surface area (Å²) < 4.78 is 14.6. The number of hydrogen-bond donors (Lipinski definition) is 0. The Labute approximate surface area is 108 Å². The zero-order chi connectivity index (χ0) is 13.1. The Bertz CT molecular complexity index is 585. The third-order valence-electron chi connectivity index (χ3n) is 2.40. The third-order valence-corrected chi connectivity index (χ3v) is 3.43. The quantitative estimate of drug-likeness (QED) is 0.798. The van der Waals surface area contributed by atoms with Crippen LogP contribution >= 0.6 is 11.8 Å². The van der Waals surface area contributed by atoms with Crippen molar-refractivity contribution in [3.05, 3.63) is 30.1 Å². The number of hydrogen-bond acceptors (Lipinski definition) is 4. The number of benzene rings is 1. The Morgan fingerprint density at radius 1 is 1.33 bits per heavy atom. The molecule has 0 aliphatic heterocycles. The van der Waals surface area contributed by atoms with Gasteiger partial charge in [0.05, 0.1) is 11.3 Å². The zero-order valence-corrected chi connectivity index (χ0v) is 10.8. The summed E-state index contributed by atoms with van der Waals surface area (Å²) in [5.41, 5.74) is 0.794. The molecule has 1 atom stereocenters. The van der Waals surface area contributed by atoms with Gasteiger partial charge in [-0.15, -0.1) is 10.2 Å². The predicted molar refractivity (Wildman–Crippen MR) is 67.3 cm³/mol. The van der Waals surface area contributed by atoms with Crippen LogP contribution in [0.4, 0.5) is 4.39 Å². The van der Waals surface area contributed by atoms with E-state index in [1.54, 1.807) is 23.6 Å². The molecule has 2 rings (SSSR count). The maximum atomic E-state index is 12.8. The first-order valence-corrected chi connectivity index (χ1v) is 6.21. The molecule has 0 N–H and O–H groups in total. The normalized spacial score (nSPS) is 12.1. The molecule has 4 nitrogen and oxygen atoms in total. The molecule has 6 heteroatoms. The number of nitrogens with zero attached hydrogens (tertiary/aromatic N) is 4. The number of nitriles is 1. The van der Waals surface area contributed by atoms with E-state index in [0.29, 0.717) is 11.0 Å². The Kier molecular flexibility index (Phi) is 3.63. The van der Waals surface area contributed by atoms with Crippen LogP contribution in [0.3, 0.4) is 0 Å². The van der Waals surface area contributed by atoms with Gasteiger partial charge in [0.2, 0.25) is 0 Å². The van der Waals surface area contributed by atoms with Crippen LogP contribution in [0.15, 0.2) is 29.4 Å². The molecule has 0 fully saturated rings. The van der Waals surface area contributed by atoms with Crippen molar-refractivity contribution in [2.24, 2.45) is 7.05 Å². The van der Waals surface area contributed by atoms with E-state index in [4.69, 9.17) is 5.26 Å². The van der Waals surface area contributed by atoms with Crippen LogP contribution in [0.25, 0.3) is 11.4 Å². The van der Waals surface area contributed by atoms with Gasteiger partial charge in [0.15, 0.2) is 11.0 Å². The molecule has 1 heterocycles. The summed E-state index contributed by atoms with van der Waals surface area (Å²) in [6, 6.07) is 8.21. The number of aromatic nitrogens is 3. The summed E-state index contributed by atoms with van der Waals surface area (Å²) in [6.07, 6.45) is 0. The van der Waals surface area contributed by atoms with E-state index in [-0.39, 0.29) is 11.1 Å². The first-order valence-electron chi connectivity index (χ1n) is 5.33. The monoisotopic (exact) mass is 262 g/mol. The second-order valence-electron chi connectivity index (χ2n) is 3.76. The molecule has 0 radical (unpaired) electrons. The first kappa shape index (κ1) is 12.6. The maximum Gasteiger partial charge on any atom is 0.192 e. The lowest BCUT2D eigenvalue weighted by molar-refractivity contribution is 0.628. The van der Waals surface area contributed by atoms with Crippen molar-refractivity contribution in [2.75, 3.05) is 0 Å². The molecule has 0 amide bonds. The molecule has 1 aromatic heterocycles. The maximum absolute atomic E-state index is 12.8. The molecule has 0 unspecified atom stereocenters.